The Morgan fingerprint density at radius 3 is 2.61 bits per heavy atom. The Morgan fingerprint density at radius 1 is 1.35 bits per heavy atom. The number of nitrogens with one attached hydrogen (secondary N) is 1. The number of nitrogens with two attached hydrogens (primary N) is 1. The normalized spacial score (nSPS) is 17.7. The molecule has 0 aliphatic carbocycles. The Balaban J connectivity index is 1.73. The predicted octanol–water partition coefficient (Wildman–Crippen LogP) is 0.687. The van der Waals surface area contributed by atoms with Crippen LogP contribution in [-0.2, 0) is 9.59 Å². The molecule has 0 spiro atoms. The number of hydrogen-bond donors (Lipinski definition) is 3. The van der Waals surface area contributed by atoms with Gasteiger partial charge in [0.05, 0.1) is 12.6 Å². The number of aliphatic hydroxyl groups is 1. The highest BCUT2D eigenvalue weighted by atomic mass is 35.5. The van der Waals surface area contributed by atoms with Crippen molar-refractivity contribution >= 4 is 23.4 Å². The third kappa shape index (κ3) is 5.20. The predicted molar refractivity (Wildman–Crippen MR) is 87.8 cm³/mol. The van der Waals surface area contributed by atoms with Crippen LogP contribution in [0.15, 0.2) is 24.3 Å². The Hall–Kier alpha value is -1.63. The molecule has 1 aliphatic heterocycles. The summed E-state index contributed by atoms with van der Waals surface area (Å²) in [6.07, 6.45) is 0.531. The van der Waals surface area contributed by atoms with E-state index in [0.29, 0.717) is 36.5 Å². The van der Waals surface area contributed by atoms with Crippen LogP contribution in [0.2, 0.25) is 5.02 Å². The molecule has 0 bridgehead atoms. The van der Waals surface area contributed by atoms with E-state index in [0.717, 1.165) is 0 Å². The molecular weight excluding hydrogens is 318 g/mol. The Morgan fingerprint density at radius 2 is 2.00 bits per heavy atom. The van der Waals surface area contributed by atoms with E-state index in [1.165, 1.54) is 0 Å². The van der Waals surface area contributed by atoms with Crippen LogP contribution in [0, 0.1) is 5.92 Å². The zero-order valence-electron chi connectivity index (χ0n) is 12.9. The monoisotopic (exact) mass is 339 g/mol. The smallest absolute Gasteiger partial charge is 0.234 e. The number of carbonyl (C=O) groups excluding carboxylic acids is 2. The summed E-state index contributed by atoms with van der Waals surface area (Å²) < 4.78 is 0. The quantitative estimate of drug-likeness (QED) is 0.710. The third-order valence-corrected chi connectivity index (χ3v) is 4.46. The molecule has 1 aromatic carbocycles. The molecule has 1 atom stereocenters. The summed E-state index contributed by atoms with van der Waals surface area (Å²) in [5.41, 5.74) is 5.88. The number of aliphatic hydroxyl groups excluding tert-OH is 1. The molecule has 126 valence electrons. The van der Waals surface area contributed by atoms with Crippen molar-refractivity contribution < 1.29 is 14.7 Å². The molecule has 23 heavy (non-hydrogen) atoms. The maximum absolute atomic E-state index is 12.0. The second-order valence-corrected chi connectivity index (χ2v) is 6.20. The summed E-state index contributed by atoms with van der Waals surface area (Å²) in [6.45, 7) is 1.71. The lowest BCUT2D eigenvalue weighted by molar-refractivity contribution is -0.124. The first-order chi connectivity index (χ1) is 11.0. The van der Waals surface area contributed by atoms with Gasteiger partial charge in [0.2, 0.25) is 11.8 Å². The van der Waals surface area contributed by atoms with E-state index in [9.17, 15) is 14.7 Å². The lowest BCUT2D eigenvalue weighted by atomic mass is 9.96. The molecule has 1 heterocycles. The molecule has 7 heteroatoms. The van der Waals surface area contributed by atoms with Crippen LogP contribution >= 0.6 is 11.6 Å². The average Bonchev–Trinajstić information content (AvgIpc) is 2.53. The van der Waals surface area contributed by atoms with Gasteiger partial charge in [0.15, 0.2) is 0 Å². The number of nitrogens with zero attached hydrogens (tertiary/aromatic N) is 1. The Labute approximate surface area is 140 Å². The van der Waals surface area contributed by atoms with E-state index in [4.69, 9.17) is 17.3 Å². The summed E-state index contributed by atoms with van der Waals surface area (Å²) in [7, 11) is 0. The number of likely N-dealkylation sites (tertiary alicyclic amines) is 1. The SMILES string of the molecule is NC(=O)C1CCN(CC(=O)NCC(O)c2ccccc2Cl)CC1. The number of hydrogen-bond acceptors (Lipinski definition) is 4. The van der Waals surface area contributed by atoms with E-state index in [1.807, 2.05) is 4.90 Å². The maximum Gasteiger partial charge on any atom is 0.234 e. The fourth-order valence-corrected chi connectivity index (χ4v) is 2.96. The van der Waals surface area contributed by atoms with Gasteiger partial charge in [-0.3, -0.25) is 14.5 Å². The number of amides is 2. The van der Waals surface area contributed by atoms with Crippen LogP contribution in [0.25, 0.3) is 0 Å². The van der Waals surface area contributed by atoms with Crippen LogP contribution in [-0.4, -0.2) is 48.0 Å². The summed E-state index contributed by atoms with van der Waals surface area (Å²) in [6, 6.07) is 7.00. The summed E-state index contributed by atoms with van der Waals surface area (Å²) >= 11 is 6.01. The number of primary amides is 1. The number of piperidine rings is 1. The number of carbonyl (C=O) groups is 2. The van der Waals surface area contributed by atoms with E-state index in [1.54, 1.807) is 24.3 Å². The third-order valence-electron chi connectivity index (χ3n) is 4.11. The van der Waals surface area contributed by atoms with E-state index in [-0.39, 0.29) is 30.8 Å². The first-order valence-corrected chi connectivity index (χ1v) is 8.06. The Kier molecular flexibility index (Phi) is 6.38. The van der Waals surface area contributed by atoms with Crippen LogP contribution in [0.5, 0.6) is 0 Å². The minimum Gasteiger partial charge on any atom is -0.387 e. The highest BCUT2D eigenvalue weighted by Crippen LogP contribution is 2.22. The molecule has 0 aromatic heterocycles. The average molecular weight is 340 g/mol. The van der Waals surface area contributed by atoms with E-state index in [2.05, 4.69) is 5.32 Å². The molecule has 1 unspecified atom stereocenters. The fraction of sp³-hybridized carbons (Fsp3) is 0.500. The van der Waals surface area contributed by atoms with Crippen molar-refractivity contribution in [3.63, 3.8) is 0 Å². The number of benzene rings is 1. The highest BCUT2D eigenvalue weighted by molar-refractivity contribution is 6.31. The molecule has 1 fully saturated rings. The van der Waals surface area contributed by atoms with Crippen molar-refractivity contribution in [2.45, 2.75) is 18.9 Å². The molecular formula is C16H22ClN3O3. The van der Waals surface area contributed by atoms with Gasteiger partial charge in [-0.25, -0.2) is 0 Å². The van der Waals surface area contributed by atoms with Gasteiger partial charge < -0.3 is 16.2 Å². The molecule has 2 amide bonds. The molecule has 4 N–H and O–H groups in total. The van der Waals surface area contributed by atoms with Crippen molar-refractivity contribution in [1.82, 2.24) is 10.2 Å². The number of halogens is 1. The van der Waals surface area contributed by atoms with Crippen molar-refractivity contribution in [3.05, 3.63) is 34.9 Å². The zero-order valence-corrected chi connectivity index (χ0v) is 13.6. The standard InChI is InChI=1S/C16H22ClN3O3/c17-13-4-2-1-3-12(13)14(21)9-19-15(22)10-20-7-5-11(6-8-20)16(18)23/h1-4,11,14,21H,5-10H2,(H2,18,23)(H,19,22). The van der Waals surface area contributed by atoms with Crippen LogP contribution in [0.4, 0.5) is 0 Å². The van der Waals surface area contributed by atoms with Gasteiger partial charge in [-0.1, -0.05) is 29.8 Å². The topological polar surface area (TPSA) is 95.7 Å². The van der Waals surface area contributed by atoms with Crippen molar-refractivity contribution in [2.75, 3.05) is 26.2 Å². The van der Waals surface area contributed by atoms with Crippen LogP contribution < -0.4 is 11.1 Å². The minimum atomic E-state index is -0.840. The maximum atomic E-state index is 12.0. The molecule has 1 saturated heterocycles. The van der Waals surface area contributed by atoms with Crippen LogP contribution in [0.3, 0.4) is 0 Å². The zero-order chi connectivity index (χ0) is 16.8. The van der Waals surface area contributed by atoms with Crippen molar-refractivity contribution in [1.29, 1.82) is 0 Å². The lowest BCUT2D eigenvalue weighted by Crippen LogP contribution is -2.44. The van der Waals surface area contributed by atoms with Gasteiger partial charge in [-0.15, -0.1) is 0 Å². The van der Waals surface area contributed by atoms with Gasteiger partial charge >= 0.3 is 0 Å². The van der Waals surface area contributed by atoms with Gasteiger partial charge in [0.25, 0.3) is 0 Å². The molecule has 0 radical (unpaired) electrons. The molecule has 2 rings (SSSR count). The first kappa shape index (κ1) is 17.7. The lowest BCUT2D eigenvalue weighted by Gasteiger charge is -2.29. The summed E-state index contributed by atoms with van der Waals surface area (Å²) in [5.74, 6) is -0.512. The summed E-state index contributed by atoms with van der Waals surface area (Å²) in [4.78, 5) is 25.1. The van der Waals surface area contributed by atoms with Crippen molar-refractivity contribution in [3.8, 4) is 0 Å². The Bertz CT molecular complexity index is 559. The minimum absolute atomic E-state index is 0.0867. The summed E-state index contributed by atoms with van der Waals surface area (Å²) in [5, 5.41) is 13.3. The fourth-order valence-electron chi connectivity index (χ4n) is 2.70. The van der Waals surface area contributed by atoms with E-state index >= 15 is 0 Å². The number of rotatable bonds is 6. The van der Waals surface area contributed by atoms with Gasteiger partial charge in [-0.2, -0.15) is 0 Å². The van der Waals surface area contributed by atoms with E-state index < -0.39 is 6.10 Å². The van der Waals surface area contributed by atoms with Crippen LogP contribution in [0.1, 0.15) is 24.5 Å². The van der Waals surface area contributed by atoms with Gasteiger partial charge in [0.1, 0.15) is 0 Å². The highest BCUT2D eigenvalue weighted by Gasteiger charge is 2.24. The van der Waals surface area contributed by atoms with Crippen molar-refractivity contribution in [2.24, 2.45) is 11.7 Å². The second-order valence-electron chi connectivity index (χ2n) is 5.79. The first-order valence-electron chi connectivity index (χ1n) is 7.68. The molecule has 6 nitrogen and oxygen atoms in total. The molecule has 1 aromatic rings. The largest absolute Gasteiger partial charge is 0.387 e. The second kappa shape index (κ2) is 8.29. The molecule has 1 aliphatic rings. The molecule has 0 saturated carbocycles. The van der Waals surface area contributed by atoms with Gasteiger partial charge in [0, 0.05) is 23.0 Å². The van der Waals surface area contributed by atoms with Gasteiger partial charge in [-0.05, 0) is 32.0 Å².